The van der Waals surface area contributed by atoms with Gasteiger partial charge in [-0.25, -0.2) is 4.98 Å². The Bertz CT molecular complexity index is 1260. The van der Waals surface area contributed by atoms with Crippen molar-refractivity contribution in [1.29, 1.82) is 0 Å². The molecule has 0 spiro atoms. The fourth-order valence-corrected chi connectivity index (χ4v) is 6.69. The maximum atomic E-state index is 12.8. The average molecular weight is 491 g/mol. The summed E-state index contributed by atoms with van der Waals surface area (Å²) < 4.78 is 3.13. The maximum absolute atomic E-state index is 12.8. The molecule has 1 saturated carbocycles. The van der Waals surface area contributed by atoms with Crippen LogP contribution in [0.3, 0.4) is 0 Å². The topological polar surface area (TPSA) is 79.4 Å². The number of piperidine rings is 2. The zero-order valence-electron chi connectivity index (χ0n) is 21.3. The van der Waals surface area contributed by atoms with Gasteiger partial charge in [0.25, 0.3) is 5.56 Å². The Morgan fingerprint density at radius 1 is 1.03 bits per heavy atom. The van der Waals surface area contributed by atoms with Gasteiger partial charge in [-0.2, -0.15) is 5.10 Å². The number of aliphatic hydroxyl groups is 1. The zero-order chi connectivity index (χ0) is 24.7. The Balaban J connectivity index is 1.03. The Hall–Kier alpha value is -2.71. The van der Waals surface area contributed by atoms with E-state index in [1.807, 2.05) is 0 Å². The number of benzene rings is 1. The molecule has 3 aliphatic rings. The van der Waals surface area contributed by atoms with Gasteiger partial charge in [-0.15, -0.1) is 0 Å². The van der Waals surface area contributed by atoms with Crippen LogP contribution in [0.5, 0.6) is 0 Å². The van der Waals surface area contributed by atoms with Crippen molar-refractivity contribution < 1.29 is 5.11 Å². The molecule has 3 aromatic rings. The molecule has 8 nitrogen and oxygen atoms in total. The minimum Gasteiger partial charge on any atom is -0.388 e. The summed E-state index contributed by atoms with van der Waals surface area (Å²) in [4.78, 5) is 22.2. The molecule has 8 heteroatoms. The Morgan fingerprint density at radius 3 is 2.56 bits per heavy atom. The fraction of sp³-hybridized carbons (Fsp3) is 0.607. The summed E-state index contributed by atoms with van der Waals surface area (Å²) in [5.74, 6) is 1.84. The summed E-state index contributed by atoms with van der Waals surface area (Å²) >= 11 is 0. The van der Waals surface area contributed by atoms with Gasteiger partial charge in [0.2, 0.25) is 0 Å². The lowest BCUT2D eigenvalue weighted by Crippen LogP contribution is -2.47. The van der Waals surface area contributed by atoms with Crippen molar-refractivity contribution in [2.24, 2.45) is 18.9 Å². The standard InChI is InChI=1S/C28H38N6O2/c1-31-26-25(16-30-31)27(35)34(20-29-26)19-28(36)11-14-32(15-12-28)17-21-6-8-24(9-7-21)33-13-10-22-4-2-3-5-23(22)18-33/h6-9,16,20,22-23,36H,2-5,10-15,17-19H2,1H3/t22-,23-/m1/s1. The molecule has 0 bridgehead atoms. The van der Waals surface area contributed by atoms with E-state index in [0.29, 0.717) is 23.9 Å². The van der Waals surface area contributed by atoms with Gasteiger partial charge in [0.05, 0.1) is 18.3 Å². The maximum Gasteiger partial charge on any atom is 0.264 e. The van der Waals surface area contributed by atoms with Crippen molar-refractivity contribution in [3.05, 3.63) is 52.7 Å². The molecule has 2 saturated heterocycles. The number of hydrogen-bond acceptors (Lipinski definition) is 6. The number of nitrogens with zero attached hydrogens (tertiary/aromatic N) is 6. The highest BCUT2D eigenvalue weighted by Gasteiger charge is 2.34. The van der Waals surface area contributed by atoms with E-state index in [4.69, 9.17) is 0 Å². The normalized spacial score (nSPS) is 24.7. The first-order valence-electron chi connectivity index (χ1n) is 13.6. The molecule has 4 heterocycles. The molecule has 1 aromatic carbocycles. The van der Waals surface area contributed by atoms with Crippen molar-refractivity contribution in [3.63, 3.8) is 0 Å². The van der Waals surface area contributed by atoms with Crippen LogP contribution in [-0.4, -0.2) is 61.1 Å². The number of anilines is 1. The van der Waals surface area contributed by atoms with Crippen LogP contribution in [0.4, 0.5) is 5.69 Å². The molecule has 0 amide bonds. The summed E-state index contributed by atoms with van der Waals surface area (Å²) in [5.41, 5.74) is 2.21. The molecular weight excluding hydrogens is 452 g/mol. The first-order chi connectivity index (χ1) is 17.5. The molecule has 1 aliphatic carbocycles. The summed E-state index contributed by atoms with van der Waals surface area (Å²) in [6.45, 7) is 5.20. The van der Waals surface area contributed by atoms with Crippen LogP contribution in [0.15, 0.2) is 41.6 Å². The Kier molecular flexibility index (Phi) is 6.33. The van der Waals surface area contributed by atoms with E-state index in [1.54, 1.807) is 17.9 Å². The van der Waals surface area contributed by atoms with E-state index in [1.165, 1.54) is 67.3 Å². The Morgan fingerprint density at radius 2 is 1.78 bits per heavy atom. The summed E-state index contributed by atoms with van der Waals surface area (Å²) in [6.07, 6.45) is 11.4. The summed E-state index contributed by atoms with van der Waals surface area (Å²) in [5, 5.41) is 15.9. The quantitative estimate of drug-likeness (QED) is 0.592. The molecule has 192 valence electrons. The monoisotopic (exact) mass is 490 g/mol. The molecule has 1 N–H and O–H groups in total. The molecule has 36 heavy (non-hydrogen) atoms. The van der Waals surface area contributed by atoms with Crippen LogP contribution >= 0.6 is 0 Å². The van der Waals surface area contributed by atoms with E-state index in [0.717, 1.165) is 31.5 Å². The van der Waals surface area contributed by atoms with Gasteiger partial charge in [-0.1, -0.05) is 31.4 Å². The highest BCUT2D eigenvalue weighted by molar-refractivity contribution is 5.72. The largest absolute Gasteiger partial charge is 0.388 e. The molecule has 0 radical (unpaired) electrons. The third-order valence-corrected chi connectivity index (χ3v) is 8.97. The van der Waals surface area contributed by atoms with Crippen LogP contribution in [0.2, 0.25) is 0 Å². The van der Waals surface area contributed by atoms with Crippen molar-refractivity contribution in [2.75, 3.05) is 31.1 Å². The number of fused-ring (bicyclic) bond motifs is 2. The van der Waals surface area contributed by atoms with Gasteiger partial charge in [0.15, 0.2) is 5.65 Å². The highest BCUT2D eigenvalue weighted by Crippen LogP contribution is 2.37. The van der Waals surface area contributed by atoms with Crippen LogP contribution < -0.4 is 10.5 Å². The molecule has 2 aliphatic heterocycles. The summed E-state index contributed by atoms with van der Waals surface area (Å²) in [6, 6.07) is 9.15. The summed E-state index contributed by atoms with van der Waals surface area (Å²) in [7, 11) is 1.77. The third kappa shape index (κ3) is 4.68. The predicted octanol–water partition coefficient (Wildman–Crippen LogP) is 3.17. The van der Waals surface area contributed by atoms with Gasteiger partial charge in [0.1, 0.15) is 11.7 Å². The van der Waals surface area contributed by atoms with E-state index >= 15 is 0 Å². The molecule has 3 fully saturated rings. The number of rotatable bonds is 5. The van der Waals surface area contributed by atoms with Crippen LogP contribution in [0, 0.1) is 11.8 Å². The third-order valence-electron chi connectivity index (χ3n) is 8.97. The molecule has 2 aromatic heterocycles. The van der Waals surface area contributed by atoms with E-state index in [-0.39, 0.29) is 12.1 Å². The van der Waals surface area contributed by atoms with E-state index < -0.39 is 5.60 Å². The second kappa shape index (κ2) is 9.63. The first-order valence-corrected chi connectivity index (χ1v) is 13.6. The minimum atomic E-state index is -0.896. The van der Waals surface area contributed by atoms with Crippen molar-refractivity contribution in [1.82, 2.24) is 24.2 Å². The lowest BCUT2D eigenvalue weighted by molar-refractivity contribution is -0.0364. The number of likely N-dealkylation sites (tertiary alicyclic amines) is 1. The number of aryl methyl sites for hydroxylation is 1. The van der Waals surface area contributed by atoms with E-state index in [9.17, 15) is 9.90 Å². The van der Waals surface area contributed by atoms with Gasteiger partial charge >= 0.3 is 0 Å². The van der Waals surface area contributed by atoms with Gasteiger partial charge in [-0.3, -0.25) is 18.9 Å². The molecule has 0 unspecified atom stereocenters. The van der Waals surface area contributed by atoms with Gasteiger partial charge in [0, 0.05) is 45.5 Å². The number of aromatic nitrogens is 4. The van der Waals surface area contributed by atoms with Crippen LogP contribution in [0.25, 0.3) is 11.0 Å². The lowest BCUT2D eigenvalue weighted by Gasteiger charge is -2.42. The zero-order valence-corrected chi connectivity index (χ0v) is 21.3. The van der Waals surface area contributed by atoms with Gasteiger partial charge < -0.3 is 10.0 Å². The minimum absolute atomic E-state index is 0.142. The lowest BCUT2D eigenvalue weighted by atomic mass is 9.75. The molecular formula is C28H38N6O2. The second-order valence-corrected chi connectivity index (χ2v) is 11.4. The average Bonchev–Trinajstić information content (AvgIpc) is 3.28. The second-order valence-electron chi connectivity index (χ2n) is 11.4. The smallest absolute Gasteiger partial charge is 0.264 e. The van der Waals surface area contributed by atoms with Crippen LogP contribution in [0.1, 0.15) is 50.5 Å². The van der Waals surface area contributed by atoms with Crippen molar-refractivity contribution in [2.45, 2.75) is 63.6 Å². The Labute approximate surface area is 212 Å². The fourth-order valence-electron chi connectivity index (χ4n) is 6.69. The van der Waals surface area contributed by atoms with E-state index in [2.05, 4.69) is 44.1 Å². The number of hydrogen-bond donors (Lipinski definition) is 1. The van der Waals surface area contributed by atoms with Gasteiger partial charge in [-0.05, 0) is 55.2 Å². The highest BCUT2D eigenvalue weighted by atomic mass is 16.3. The van der Waals surface area contributed by atoms with Crippen molar-refractivity contribution in [3.8, 4) is 0 Å². The molecule has 2 atom stereocenters. The SMILES string of the molecule is Cn1ncc2c(=O)n(CC3(O)CCN(Cc4ccc(N5CC[C@H]6CCCC[C@@H]6C5)cc4)CC3)cnc21. The van der Waals surface area contributed by atoms with Crippen LogP contribution in [-0.2, 0) is 20.1 Å². The first kappa shape index (κ1) is 23.7. The predicted molar refractivity (Wildman–Crippen MR) is 141 cm³/mol. The van der Waals surface area contributed by atoms with Crippen molar-refractivity contribution >= 4 is 16.7 Å². The molecule has 6 rings (SSSR count).